The molecule has 168 valence electrons. The Labute approximate surface area is 203 Å². The zero-order valence-corrected chi connectivity index (χ0v) is 21.5. The number of rotatable bonds is 7. The number of thiazole rings is 2. The number of hydrogen-bond acceptors (Lipinski definition) is 7. The van der Waals surface area contributed by atoms with Crippen LogP contribution in [-0.2, 0) is 17.5 Å². The van der Waals surface area contributed by atoms with Crippen molar-refractivity contribution >= 4 is 46.5 Å². The van der Waals surface area contributed by atoms with E-state index in [1.807, 2.05) is 17.5 Å². The molecule has 0 unspecified atom stereocenters. The fraction of sp³-hybridized carbons (Fsp3) is 0.240. The Kier molecular flexibility index (Phi) is 6.77. The van der Waals surface area contributed by atoms with Crippen LogP contribution in [0.25, 0.3) is 10.6 Å². The van der Waals surface area contributed by atoms with E-state index in [9.17, 15) is 5.26 Å². The van der Waals surface area contributed by atoms with E-state index in [0.717, 1.165) is 21.3 Å². The van der Waals surface area contributed by atoms with Crippen LogP contribution in [0.2, 0.25) is 5.04 Å². The molecule has 0 aliphatic carbocycles. The van der Waals surface area contributed by atoms with Gasteiger partial charge in [-0.25, -0.2) is 9.97 Å². The van der Waals surface area contributed by atoms with Crippen LogP contribution in [0.5, 0.6) is 0 Å². The number of hydrogen-bond donors (Lipinski definition) is 1. The summed E-state index contributed by atoms with van der Waals surface area (Å²) in [6.07, 6.45) is 0.225. The van der Waals surface area contributed by atoms with Crippen LogP contribution >= 0.6 is 22.7 Å². The molecular weight excluding hydrogens is 465 g/mol. The normalized spacial score (nSPS) is 11.9. The Morgan fingerprint density at radius 3 is 2.09 bits per heavy atom. The average Bonchev–Trinajstić information content (AvgIpc) is 3.41. The van der Waals surface area contributed by atoms with Crippen LogP contribution in [0.4, 0.5) is 5.13 Å². The Morgan fingerprint density at radius 1 is 1.00 bits per heavy atom. The predicted octanol–water partition coefficient (Wildman–Crippen LogP) is 4.99. The summed E-state index contributed by atoms with van der Waals surface area (Å²) in [5.41, 5.74) is 7.35. The van der Waals surface area contributed by atoms with Gasteiger partial charge in [-0.15, -0.1) is 22.7 Å². The summed E-state index contributed by atoms with van der Waals surface area (Å²) >= 11 is 2.92. The van der Waals surface area contributed by atoms with Crippen molar-refractivity contribution in [2.75, 3.05) is 5.73 Å². The molecule has 5 nitrogen and oxygen atoms in total. The highest BCUT2D eigenvalue weighted by Gasteiger charge is 2.50. The molecular formula is C25H26N4OS2Si. The summed E-state index contributed by atoms with van der Waals surface area (Å²) in [7, 11) is -2.67. The number of anilines is 1. The minimum Gasteiger partial charge on any atom is -0.401 e. The molecule has 0 fully saturated rings. The van der Waals surface area contributed by atoms with Gasteiger partial charge in [0.1, 0.15) is 5.01 Å². The van der Waals surface area contributed by atoms with Crippen LogP contribution in [0.1, 0.15) is 31.5 Å². The van der Waals surface area contributed by atoms with Crippen molar-refractivity contribution in [3.05, 3.63) is 76.7 Å². The molecule has 0 radical (unpaired) electrons. The summed E-state index contributed by atoms with van der Waals surface area (Å²) in [6.45, 7) is 7.14. The van der Waals surface area contributed by atoms with Gasteiger partial charge in [-0.3, -0.25) is 0 Å². The van der Waals surface area contributed by atoms with Crippen molar-refractivity contribution in [2.24, 2.45) is 0 Å². The van der Waals surface area contributed by atoms with Crippen molar-refractivity contribution < 1.29 is 4.43 Å². The number of benzene rings is 2. The summed E-state index contributed by atoms with van der Waals surface area (Å²) in [4.78, 5) is 10.1. The lowest BCUT2D eigenvalue weighted by Gasteiger charge is -2.42. The maximum atomic E-state index is 9.32. The largest absolute Gasteiger partial charge is 0.401 e. The Balaban J connectivity index is 1.77. The van der Waals surface area contributed by atoms with E-state index in [0.29, 0.717) is 11.7 Å². The first-order valence-corrected chi connectivity index (χ1v) is 14.3. The number of nitrogens with zero attached hydrogens (tertiary/aromatic N) is 3. The van der Waals surface area contributed by atoms with E-state index in [1.54, 1.807) is 0 Å². The second-order valence-corrected chi connectivity index (χ2v) is 15.0. The summed E-state index contributed by atoms with van der Waals surface area (Å²) in [5, 5.41) is 14.9. The number of nitriles is 1. The van der Waals surface area contributed by atoms with Crippen LogP contribution in [-0.4, -0.2) is 18.3 Å². The van der Waals surface area contributed by atoms with Gasteiger partial charge in [-0.2, -0.15) is 5.26 Å². The first kappa shape index (κ1) is 23.3. The predicted molar refractivity (Wildman–Crippen MR) is 139 cm³/mol. The van der Waals surface area contributed by atoms with Gasteiger partial charge in [-0.05, 0) is 15.4 Å². The standard InChI is InChI=1S/C25H26N4OS2Si/c1-25(2,3)33(18-10-6-4-7-11-18,19-12-8-5-9-13-19)30-16-22-28-20(14-15-26)23(32-22)21-17-31-24(27)29-21/h4-13,17H,14,16H2,1-3H3,(H2,27,29). The molecule has 0 spiro atoms. The van der Waals surface area contributed by atoms with Crippen molar-refractivity contribution in [1.82, 2.24) is 9.97 Å². The van der Waals surface area contributed by atoms with E-state index < -0.39 is 8.32 Å². The summed E-state index contributed by atoms with van der Waals surface area (Å²) in [6, 6.07) is 23.3. The molecule has 4 aromatic rings. The van der Waals surface area contributed by atoms with Crippen LogP contribution in [0, 0.1) is 11.3 Å². The third-order valence-corrected chi connectivity index (χ3v) is 12.3. The molecule has 0 bridgehead atoms. The van der Waals surface area contributed by atoms with Gasteiger partial charge in [0.15, 0.2) is 5.13 Å². The third-order valence-electron chi connectivity index (χ3n) is 5.57. The molecule has 2 aromatic carbocycles. The molecule has 0 saturated heterocycles. The molecule has 0 amide bonds. The topological polar surface area (TPSA) is 84.8 Å². The molecule has 0 aliphatic rings. The third kappa shape index (κ3) is 4.63. The number of nitrogen functional groups attached to an aromatic ring is 1. The van der Waals surface area contributed by atoms with E-state index in [4.69, 9.17) is 15.1 Å². The van der Waals surface area contributed by atoms with Gasteiger partial charge in [0.2, 0.25) is 0 Å². The smallest absolute Gasteiger partial charge is 0.261 e. The van der Waals surface area contributed by atoms with Crippen LogP contribution in [0.15, 0.2) is 66.0 Å². The molecule has 0 atom stereocenters. The van der Waals surface area contributed by atoms with Crippen molar-refractivity contribution in [3.63, 3.8) is 0 Å². The lowest BCUT2D eigenvalue weighted by Crippen LogP contribution is -2.66. The highest BCUT2D eigenvalue weighted by molar-refractivity contribution is 7.16. The summed E-state index contributed by atoms with van der Waals surface area (Å²) < 4.78 is 7.00. The van der Waals surface area contributed by atoms with E-state index >= 15 is 0 Å². The highest BCUT2D eigenvalue weighted by atomic mass is 32.1. The van der Waals surface area contributed by atoms with E-state index in [2.05, 4.69) is 80.4 Å². The van der Waals surface area contributed by atoms with Gasteiger partial charge in [0, 0.05) is 5.38 Å². The van der Waals surface area contributed by atoms with Gasteiger partial charge in [0.25, 0.3) is 8.32 Å². The first-order chi connectivity index (χ1) is 15.8. The second-order valence-electron chi connectivity index (χ2n) is 8.74. The monoisotopic (exact) mass is 490 g/mol. The quantitative estimate of drug-likeness (QED) is 0.369. The molecule has 2 heterocycles. The Hall–Kier alpha value is -2.83. The maximum absolute atomic E-state index is 9.32. The fourth-order valence-electron chi connectivity index (χ4n) is 4.18. The zero-order chi connectivity index (χ0) is 23.5. The highest BCUT2D eigenvalue weighted by Crippen LogP contribution is 2.38. The van der Waals surface area contributed by atoms with Crippen molar-refractivity contribution in [2.45, 2.75) is 38.8 Å². The Bertz CT molecular complexity index is 1220. The minimum atomic E-state index is -2.67. The first-order valence-electron chi connectivity index (χ1n) is 10.7. The van der Waals surface area contributed by atoms with Crippen LogP contribution in [0.3, 0.4) is 0 Å². The number of nitrogens with two attached hydrogens (primary N) is 1. The van der Waals surface area contributed by atoms with E-state index in [-0.39, 0.29) is 11.5 Å². The van der Waals surface area contributed by atoms with Gasteiger partial charge in [0.05, 0.1) is 35.4 Å². The van der Waals surface area contributed by atoms with Gasteiger partial charge < -0.3 is 10.2 Å². The van der Waals surface area contributed by atoms with E-state index in [1.165, 1.54) is 33.0 Å². The number of aromatic nitrogens is 2. The van der Waals surface area contributed by atoms with Gasteiger partial charge >= 0.3 is 0 Å². The maximum Gasteiger partial charge on any atom is 0.261 e. The zero-order valence-electron chi connectivity index (χ0n) is 18.9. The molecule has 8 heteroatoms. The SMILES string of the molecule is CC(C)(C)[Si](OCc1nc(CC#N)c(-c2csc(N)n2)s1)(c1ccccc1)c1ccccc1. The molecule has 2 aromatic heterocycles. The molecule has 33 heavy (non-hydrogen) atoms. The average molecular weight is 491 g/mol. The second kappa shape index (κ2) is 9.57. The van der Waals surface area contributed by atoms with Crippen LogP contribution < -0.4 is 16.1 Å². The molecule has 2 N–H and O–H groups in total. The van der Waals surface area contributed by atoms with Crippen molar-refractivity contribution in [1.29, 1.82) is 5.26 Å². The summed E-state index contributed by atoms with van der Waals surface area (Å²) in [5.74, 6) is 0. The molecule has 0 saturated carbocycles. The Morgan fingerprint density at radius 2 is 1.61 bits per heavy atom. The lowest BCUT2D eigenvalue weighted by atomic mass is 10.2. The molecule has 0 aliphatic heterocycles. The lowest BCUT2D eigenvalue weighted by molar-refractivity contribution is 0.285. The fourth-order valence-corrected chi connectivity index (χ4v) is 10.4. The minimum absolute atomic E-state index is 0.116. The molecule has 4 rings (SSSR count). The van der Waals surface area contributed by atoms with Gasteiger partial charge in [-0.1, -0.05) is 81.4 Å². The van der Waals surface area contributed by atoms with Crippen molar-refractivity contribution in [3.8, 4) is 16.6 Å².